The number of hydrogen-bond acceptors (Lipinski definition) is 4. The summed E-state index contributed by atoms with van der Waals surface area (Å²) >= 11 is 5.71. The van der Waals surface area contributed by atoms with Crippen molar-refractivity contribution in [2.75, 3.05) is 6.54 Å². The van der Waals surface area contributed by atoms with Crippen molar-refractivity contribution in [3.63, 3.8) is 0 Å². The maximum atomic E-state index is 13.0. The fourth-order valence-corrected chi connectivity index (χ4v) is 3.10. The van der Waals surface area contributed by atoms with Gasteiger partial charge in [0.25, 0.3) is 15.9 Å². The summed E-state index contributed by atoms with van der Waals surface area (Å²) in [6, 6.07) is 10.2. The van der Waals surface area contributed by atoms with E-state index in [-0.39, 0.29) is 10.5 Å². The second-order valence-corrected chi connectivity index (χ2v) is 7.39. The zero-order valence-electron chi connectivity index (χ0n) is 13.6. The van der Waals surface area contributed by atoms with E-state index in [0.717, 1.165) is 12.1 Å². The lowest BCUT2D eigenvalue weighted by Gasteiger charge is -2.10. The van der Waals surface area contributed by atoms with Crippen LogP contribution in [0.25, 0.3) is 6.08 Å². The molecule has 7 nitrogen and oxygen atoms in total. The molecule has 10 heteroatoms. The predicted molar refractivity (Wildman–Crippen MR) is 97.2 cm³/mol. The van der Waals surface area contributed by atoms with E-state index in [1.165, 1.54) is 42.5 Å². The molecule has 0 unspecified atom stereocenters. The first-order chi connectivity index (χ1) is 12.7. The number of nitrogens with one attached hydrogen (secondary N) is 2. The second-order valence-electron chi connectivity index (χ2n) is 5.27. The van der Waals surface area contributed by atoms with Gasteiger partial charge in [0, 0.05) is 10.6 Å². The highest BCUT2D eigenvalue weighted by Gasteiger charge is 2.20. The van der Waals surface area contributed by atoms with Crippen LogP contribution in [0, 0.1) is 5.82 Å². The minimum atomic E-state index is -4.19. The number of benzene rings is 2. The molecule has 2 aromatic rings. The van der Waals surface area contributed by atoms with Crippen LogP contribution in [0.15, 0.2) is 59.0 Å². The molecule has 3 N–H and O–H groups in total. The summed E-state index contributed by atoms with van der Waals surface area (Å²) in [6.45, 7) is -0.450. The van der Waals surface area contributed by atoms with E-state index in [2.05, 4.69) is 0 Å². The van der Waals surface area contributed by atoms with Gasteiger partial charge in [-0.2, -0.15) is 0 Å². The molecule has 0 aromatic heterocycles. The number of carbonyl (C=O) groups excluding carboxylic acids is 1. The number of carbonyl (C=O) groups is 2. The molecular weight excluding hydrogens is 399 g/mol. The molecule has 0 heterocycles. The SMILES string of the molecule is O=C(O)NC/C(=C\c1ccc(F)cc1)C(=O)NS(=O)(=O)c1ccc(Cl)cc1. The van der Waals surface area contributed by atoms with E-state index in [1.807, 2.05) is 10.0 Å². The summed E-state index contributed by atoms with van der Waals surface area (Å²) in [5, 5.41) is 11.0. The summed E-state index contributed by atoms with van der Waals surface area (Å²) in [4.78, 5) is 22.9. The van der Waals surface area contributed by atoms with Crippen molar-refractivity contribution in [1.29, 1.82) is 0 Å². The molecular formula is C17H14ClFN2O5S. The molecule has 0 saturated carbocycles. The van der Waals surface area contributed by atoms with Crippen LogP contribution in [0.5, 0.6) is 0 Å². The van der Waals surface area contributed by atoms with Crippen molar-refractivity contribution in [1.82, 2.24) is 10.0 Å². The normalized spacial score (nSPS) is 11.7. The lowest BCUT2D eigenvalue weighted by atomic mass is 10.1. The van der Waals surface area contributed by atoms with Gasteiger partial charge >= 0.3 is 6.09 Å². The van der Waals surface area contributed by atoms with E-state index in [0.29, 0.717) is 10.6 Å². The Bertz CT molecular complexity index is 973. The molecule has 27 heavy (non-hydrogen) atoms. The van der Waals surface area contributed by atoms with Gasteiger partial charge in [0.2, 0.25) is 0 Å². The lowest BCUT2D eigenvalue weighted by Crippen LogP contribution is -2.35. The van der Waals surface area contributed by atoms with Gasteiger partial charge < -0.3 is 10.4 Å². The summed E-state index contributed by atoms with van der Waals surface area (Å²) in [7, 11) is -4.19. The molecule has 2 aromatic carbocycles. The van der Waals surface area contributed by atoms with Crippen LogP contribution in [0.3, 0.4) is 0 Å². The van der Waals surface area contributed by atoms with Gasteiger partial charge in [-0.1, -0.05) is 23.7 Å². The first-order valence-electron chi connectivity index (χ1n) is 7.43. The molecule has 0 aliphatic carbocycles. The fourth-order valence-electron chi connectivity index (χ4n) is 1.99. The van der Waals surface area contributed by atoms with Crippen molar-refractivity contribution in [2.24, 2.45) is 0 Å². The first kappa shape index (κ1) is 20.4. The lowest BCUT2D eigenvalue weighted by molar-refractivity contribution is -0.115. The van der Waals surface area contributed by atoms with Crippen molar-refractivity contribution >= 4 is 39.7 Å². The number of amides is 2. The molecule has 0 fully saturated rings. The predicted octanol–water partition coefficient (Wildman–Crippen LogP) is 2.64. The van der Waals surface area contributed by atoms with Crippen LogP contribution in [-0.2, 0) is 14.8 Å². The standard InChI is InChI=1S/C17H14ClFN2O5S/c18-13-3-7-15(8-4-13)27(25,26)21-16(22)12(10-20-17(23)24)9-11-1-5-14(19)6-2-11/h1-9,20H,10H2,(H,21,22)(H,23,24)/b12-9+. The van der Waals surface area contributed by atoms with Gasteiger partial charge in [-0.25, -0.2) is 22.3 Å². The minimum absolute atomic E-state index is 0.179. The maximum absolute atomic E-state index is 13.0. The van der Waals surface area contributed by atoms with Crippen LogP contribution in [0.1, 0.15) is 5.56 Å². The maximum Gasteiger partial charge on any atom is 0.404 e. The second kappa shape index (κ2) is 8.65. The summed E-state index contributed by atoms with van der Waals surface area (Å²) < 4.78 is 39.5. The monoisotopic (exact) mass is 412 g/mol. The van der Waals surface area contributed by atoms with Crippen LogP contribution in [-0.4, -0.2) is 32.1 Å². The van der Waals surface area contributed by atoms with Gasteiger partial charge in [-0.15, -0.1) is 0 Å². The Hall–Kier alpha value is -2.91. The van der Waals surface area contributed by atoms with Gasteiger partial charge in [0.15, 0.2) is 0 Å². The van der Waals surface area contributed by atoms with Crippen LogP contribution < -0.4 is 10.0 Å². The highest BCUT2D eigenvalue weighted by Crippen LogP contribution is 2.15. The van der Waals surface area contributed by atoms with Gasteiger partial charge in [-0.05, 0) is 48.0 Å². The smallest absolute Gasteiger partial charge is 0.404 e. The molecule has 2 amide bonds. The zero-order chi connectivity index (χ0) is 20.0. The van der Waals surface area contributed by atoms with Crippen molar-refractivity contribution in [2.45, 2.75) is 4.90 Å². The molecule has 0 radical (unpaired) electrons. The van der Waals surface area contributed by atoms with Gasteiger partial charge in [-0.3, -0.25) is 4.79 Å². The van der Waals surface area contributed by atoms with E-state index >= 15 is 0 Å². The molecule has 0 aliphatic rings. The highest BCUT2D eigenvalue weighted by atomic mass is 35.5. The van der Waals surface area contributed by atoms with Crippen molar-refractivity contribution in [3.05, 3.63) is 70.5 Å². The third-order valence-electron chi connectivity index (χ3n) is 3.28. The van der Waals surface area contributed by atoms with Crippen LogP contribution in [0.2, 0.25) is 5.02 Å². The van der Waals surface area contributed by atoms with Crippen molar-refractivity contribution < 1.29 is 27.5 Å². The van der Waals surface area contributed by atoms with E-state index in [4.69, 9.17) is 16.7 Å². The van der Waals surface area contributed by atoms with Gasteiger partial charge in [0.05, 0.1) is 11.4 Å². The highest BCUT2D eigenvalue weighted by molar-refractivity contribution is 7.90. The zero-order valence-corrected chi connectivity index (χ0v) is 15.2. The van der Waals surface area contributed by atoms with Crippen LogP contribution >= 0.6 is 11.6 Å². The van der Waals surface area contributed by atoms with Crippen LogP contribution in [0.4, 0.5) is 9.18 Å². The quantitative estimate of drug-likeness (QED) is 0.631. The van der Waals surface area contributed by atoms with E-state index < -0.39 is 34.4 Å². The Morgan fingerprint density at radius 2 is 1.67 bits per heavy atom. The van der Waals surface area contributed by atoms with E-state index in [9.17, 15) is 22.4 Å². The molecule has 142 valence electrons. The van der Waals surface area contributed by atoms with E-state index in [1.54, 1.807) is 0 Å². The largest absolute Gasteiger partial charge is 0.465 e. The minimum Gasteiger partial charge on any atom is -0.465 e. The van der Waals surface area contributed by atoms with Gasteiger partial charge in [0.1, 0.15) is 5.82 Å². The first-order valence-corrected chi connectivity index (χ1v) is 9.29. The number of hydrogen-bond donors (Lipinski definition) is 3. The third-order valence-corrected chi connectivity index (χ3v) is 4.88. The Balaban J connectivity index is 2.28. The summed E-state index contributed by atoms with van der Waals surface area (Å²) in [5.41, 5.74) is 0.208. The molecule has 0 atom stereocenters. The molecule has 0 saturated heterocycles. The number of sulfonamides is 1. The number of halogens is 2. The molecule has 0 spiro atoms. The Morgan fingerprint density at radius 1 is 1.07 bits per heavy atom. The average Bonchev–Trinajstić information content (AvgIpc) is 2.60. The van der Waals surface area contributed by atoms with Crippen molar-refractivity contribution in [3.8, 4) is 0 Å². The Kier molecular flexibility index (Phi) is 6.54. The average molecular weight is 413 g/mol. The topological polar surface area (TPSA) is 113 Å². The molecule has 0 aliphatic heterocycles. The fraction of sp³-hybridized carbons (Fsp3) is 0.0588. The summed E-state index contributed by atoms with van der Waals surface area (Å²) in [5.74, 6) is -1.52. The molecule has 2 rings (SSSR count). The Labute approximate surface area is 159 Å². The number of rotatable bonds is 6. The Morgan fingerprint density at radius 3 is 2.22 bits per heavy atom. The third kappa shape index (κ3) is 6.08. The number of carboxylic acid groups (broad SMARTS) is 1. The summed E-state index contributed by atoms with van der Waals surface area (Å²) in [6.07, 6.45) is -0.143. The molecule has 0 bridgehead atoms.